The Balaban J connectivity index is 1.83. The van der Waals surface area contributed by atoms with E-state index in [1.165, 1.54) is 0 Å². The van der Waals surface area contributed by atoms with Crippen molar-refractivity contribution in [1.82, 2.24) is 0 Å². The molecular formula is C13H16O4. The van der Waals surface area contributed by atoms with Crippen LogP contribution in [0.15, 0.2) is 30.3 Å². The number of ether oxygens (including phenoxy) is 2. The first-order chi connectivity index (χ1) is 8.24. The van der Waals surface area contributed by atoms with Gasteiger partial charge in [0.1, 0.15) is 0 Å². The van der Waals surface area contributed by atoms with E-state index in [2.05, 4.69) is 0 Å². The van der Waals surface area contributed by atoms with E-state index in [1.807, 2.05) is 30.3 Å². The fourth-order valence-electron chi connectivity index (χ4n) is 1.86. The molecule has 1 N–H and O–H groups in total. The van der Waals surface area contributed by atoms with Crippen molar-refractivity contribution in [3.05, 3.63) is 35.9 Å². The van der Waals surface area contributed by atoms with Gasteiger partial charge in [-0.25, -0.2) is 0 Å². The summed E-state index contributed by atoms with van der Waals surface area (Å²) in [5, 5.41) is 9.27. The van der Waals surface area contributed by atoms with Gasteiger partial charge < -0.3 is 14.6 Å². The second kappa shape index (κ2) is 5.29. The molecule has 1 saturated heterocycles. The maximum absolute atomic E-state index is 11.1. The highest BCUT2D eigenvalue weighted by molar-refractivity contribution is 5.72. The van der Waals surface area contributed by atoms with Crippen molar-refractivity contribution in [2.45, 2.75) is 25.0 Å². The lowest BCUT2D eigenvalue weighted by atomic mass is 10.0. The molecule has 1 aromatic carbocycles. The zero-order valence-electron chi connectivity index (χ0n) is 9.59. The van der Waals surface area contributed by atoms with E-state index >= 15 is 0 Å². The molecule has 0 spiro atoms. The SMILES string of the molecule is O=C1CCC(CO)(COCc2ccccc2)O1. The molecule has 0 radical (unpaired) electrons. The number of rotatable bonds is 5. The molecule has 17 heavy (non-hydrogen) atoms. The third-order valence-corrected chi connectivity index (χ3v) is 2.88. The molecule has 1 aromatic rings. The van der Waals surface area contributed by atoms with Gasteiger partial charge in [-0.1, -0.05) is 30.3 Å². The fraction of sp³-hybridized carbons (Fsp3) is 0.462. The first-order valence-corrected chi connectivity index (χ1v) is 5.68. The summed E-state index contributed by atoms with van der Waals surface area (Å²) in [6, 6.07) is 9.75. The molecule has 1 unspecified atom stereocenters. The first-order valence-electron chi connectivity index (χ1n) is 5.68. The number of aliphatic hydroxyl groups excluding tert-OH is 1. The lowest BCUT2D eigenvalue weighted by molar-refractivity contribution is -0.158. The standard InChI is InChI=1S/C13H16O4/c14-9-13(7-6-12(15)17-13)10-16-8-11-4-2-1-3-5-11/h1-5,14H,6-10H2. The van der Waals surface area contributed by atoms with Crippen LogP contribution in [0, 0.1) is 0 Å². The van der Waals surface area contributed by atoms with Gasteiger partial charge in [-0.3, -0.25) is 4.79 Å². The Labute approximate surface area is 100 Å². The van der Waals surface area contributed by atoms with Crippen molar-refractivity contribution in [3.8, 4) is 0 Å². The normalized spacial score (nSPS) is 23.7. The highest BCUT2D eigenvalue weighted by atomic mass is 16.6. The summed E-state index contributed by atoms with van der Waals surface area (Å²) in [5.74, 6) is -0.262. The van der Waals surface area contributed by atoms with Crippen molar-refractivity contribution in [2.24, 2.45) is 0 Å². The van der Waals surface area contributed by atoms with E-state index in [4.69, 9.17) is 9.47 Å². The number of aliphatic hydroxyl groups is 1. The van der Waals surface area contributed by atoms with E-state index < -0.39 is 5.60 Å². The molecule has 4 heteroatoms. The molecule has 0 saturated carbocycles. The van der Waals surface area contributed by atoms with Crippen LogP contribution in [0.1, 0.15) is 18.4 Å². The maximum atomic E-state index is 11.1. The van der Waals surface area contributed by atoms with Gasteiger partial charge in [-0.15, -0.1) is 0 Å². The Morgan fingerprint density at radius 2 is 2.12 bits per heavy atom. The Morgan fingerprint density at radius 3 is 2.71 bits per heavy atom. The van der Waals surface area contributed by atoms with E-state index in [1.54, 1.807) is 0 Å². The van der Waals surface area contributed by atoms with Gasteiger partial charge in [-0.05, 0) is 5.56 Å². The molecule has 1 aliphatic heterocycles. The second-order valence-corrected chi connectivity index (χ2v) is 4.29. The van der Waals surface area contributed by atoms with Crippen LogP contribution >= 0.6 is 0 Å². The Bertz CT molecular complexity index is 376. The zero-order valence-corrected chi connectivity index (χ0v) is 9.59. The molecule has 4 nitrogen and oxygen atoms in total. The van der Waals surface area contributed by atoms with Crippen LogP contribution in [0.3, 0.4) is 0 Å². The van der Waals surface area contributed by atoms with Gasteiger partial charge in [0.2, 0.25) is 0 Å². The van der Waals surface area contributed by atoms with E-state index in [0.717, 1.165) is 5.56 Å². The van der Waals surface area contributed by atoms with Crippen LogP contribution in [0.4, 0.5) is 0 Å². The predicted molar refractivity (Wildman–Crippen MR) is 61.2 cm³/mol. The molecular weight excluding hydrogens is 220 g/mol. The molecule has 2 rings (SSSR count). The summed E-state index contributed by atoms with van der Waals surface area (Å²) in [5.41, 5.74) is 0.233. The molecule has 1 fully saturated rings. The van der Waals surface area contributed by atoms with E-state index in [-0.39, 0.29) is 19.2 Å². The minimum absolute atomic E-state index is 0.187. The molecule has 0 bridgehead atoms. The third kappa shape index (κ3) is 3.05. The van der Waals surface area contributed by atoms with Gasteiger partial charge in [0.05, 0.1) is 19.8 Å². The average molecular weight is 236 g/mol. The summed E-state index contributed by atoms with van der Waals surface area (Å²) in [6.07, 6.45) is 0.881. The Hall–Kier alpha value is -1.39. The van der Waals surface area contributed by atoms with Crippen LogP contribution in [0.2, 0.25) is 0 Å². The third-order valence-electron chi connectivity index (χ3n) is 2.88. The molecule has 92 valence electrons. The van der Waals surface area contributed by atoms with Gasteiger partial charge in [0, 0.05) is 12.8 Å². The summed E-state index contributed by atoms with van der Waals surface area (Å²) in [4.78, 5) is 11.1. The zero-order chi connectivity index (χ0) is 12.1. The molecule has 1 aliphatic rings. The maximum Gasteiger partial charge on any atom is 0.306 e. The van der Waals surface area contributed by atoms with Crippen LogP contribution in [-0.2, 0) is 20.9 Å². The number of esters is 1. The van der Waals surface area contributed by atoms with Crippen LogP contribution < -0.4 is 0 Å². The minimum atomic E-state index is -0.828. The molecule has 0 aliphatic carbocycles. The second-order valence-electron chi connectivity index (χ2n) is 4.29. The lowest BCUT2D eigenvalue weighted by Crippen LogP contribution is -2.38. The fourth-order valence-corrected chi connectivity index (χ4v) is 1.86. The molecule has 1 heterocycles. The predicted octanol–water partition coefficient (Wildman–Crippen LogP) is 1.27. The van der Waals surface area contributed by atoms with Crippen LogP contribution in [0.25, 0.3) is 0 Å². The summed E-state index contributed by atoms with van der Waals surface area (Å²) >= 11 is 0. The first kappa shape index (κ1) is 12.1. The smallest absolute Gasteiger partial charge is 0.306 e. The Morgan fingerprint density at radius 1 is 1.35 bits per heavy atom. The van der Waals surface area contributed by atoms with Crippen molar-refractivity contribution in [2.75, 3.05) is 13.2 Å². The summed E-state index contributed by atoms with van der Waals surface area (Å²) in [6.45, 7) is 0.512. The lowest BCUT2D eigenvalue weighted by Gasteiger charge is -2.24. The van der Waals surface area contributed by atoms with Crippen molar-refractivity contribution < 1.29 is 19.4 Å². The highest BCUT2D eigenvalue weighted by Crippen LogP contribution is 2.26. The number of cyclic esters (lactones) is 1. The number of hydrogen-bond donors (Lipinski definition) is 1. The Kier molecular flexibility index (Phi) is 3.76. The van der Waals surface area contributed by atoms with Gasteiger partial charge in [0.15, 0.2) is 5.60 Å². The number of benzene rings is 1. The number of carbonyl (C=O) groups is 1. The van der Waals surface area contributed by atoms with Crippen molar-refractivity contribution >= 4 is 5.97 Å². The summed E-state index contributed by atoms with van der Waals surface area (Å²) < 4.78 is 10.6. The number of carbonyl (C=O) groups excluding carboxylic acids is 1. The van der Waals surface area contributed by atoms with Crippen molar-refractivity contribution in [1.29, 1.82) is 0 Å². The minimum Gasteiger partial charge on any atom is -0.454 e. The van der Waals surface area contributed by atoms with Gasteiger partial charge >= 0.3 is 5.97 Å². The molecule has 1 atom stereocenters. The van der Waals surface area contributed by atoms with Gasteiger partial charge in [-0.2, -0.15) is 0 Å². The van der Waals surface area contributed by atoms with Crippen LogP contribution in [0.5, 0.6) is 0 Å². The topological polar surface area (TPSA) is 55.8 Å². The largest absolute Gasteiger partial charge is 0.454 e. The summed E-state index contributed by atoms with van der Waals surface area (Å²) in [7, 11) is 0. The van der Waals surface area contributed by atoms with E-state index in [0.29, 0.717) is 19.4 Å². The highest BCUT2D eigenvalue weighted by Gasteiger charge is 2.40. The number of hydrogen-bond acceptors (Lipinski definition) is 4. The van der Waals surface area contributed by atoms with Crippen LogP contribution in [-0.4, -0.2) is 29.9 Å². The molecule has 0 amide bonds. The van der Waals surface area contributed by atoms with Gasteiger partial charge in [0.25, 0.3) is 0 Å². The van der Waals surface area contributed by atoms with Crippen molar-refractivity contribution in [3.63, 3.8) is 0 Å². The monoisotopic (exact) mass is 236 g/mol. The quantitative estimate of drug-likeness (QED) is 0.782. The molecule has 0 aromatic heterocycles. The van der Waals surface area contributed by atoms with E-state index in [9.17, 15) is 9.90 Å². The average Bonchev–Trinajstić information content (AvgIpc) is 2.73.